The highest BCUT2D eigenvalue weighted by Gasteiger charge is 2.61. The molecule has 384 valence electrons. The van der Waals surface area contributed by atoms with Crippen molar-refractivity contribution in [1.29, 1.82) is 0 Å². The van der Waals surface area contributed by atoms with E-state index in [1.165, 1.54) is 112 Å². The highest BCUT2D eigenvalue weighted by Crippen LogP contribution is 2.69. The first-order valence-electron chi connectivity index (χ1n) is 27.1. The van der Waals surface area contributed by atoms with Crippen molar-refractivity contribution in [2.45, 2.75) is 155 Å². The molecule has 1 N–H and O–H groups in total. The van der Waals surface area contributed by atoms with Crippen LogP contribution in [0.3, 0.4) is 0 Å². The van der Waals surface area contributed by atoms with Gasteiger partial charge in [0.25, 0.3) is 0 Å². The van der Waals surface area contributed by atoms with Crippen LogP contribution < -0.4 is 4.90 Å². The molecule has 8 aliphatic rings. The molecule has 14 atom stereocenters. The molecule has 0 bridgehead atoms. The largest absolute Gasteiger partial charge is 0.506 e. The van der Waals surface area contributed by atoms with Gasteiger partial charge in [-0.05, 0) is 213 Å². The first-order chi connectivity index (χ1) is 33.7. The molecule has 8 aliphatic carbocycles. The highest BCUT2D eigenvalue weighted by atomic mass is 31.2. The molecule has 0 amide bonds. The molecule has 1 aromatic carbocycles. The van der Waals surface area contributed by atoms with Gasteiger partial charge in [0.2, 0.25) is 0 Å². The van der Waals surface area contributed by atoms with E-state index in [0.717, 1.165) is 62.0 Å². The lowest BCUT2D eigenvalue weighted by Crippen LogP contribution is -2.54. The van der Waals surface area contributed by atoms with Gasteiger partial charge in [-0.15, -0.1) is 19.1 Å². The van der Waals surface area contributed by atoms with E-state index in [9.17, 15) is 23.8 Å². The van der Waals surface area contributed by atoms with Crippen molar-refractivity contribution < 1.29 is 42.3 Å². The molecular formula is C59H83FNO8P. The monoisotopic (exact) mass is 984 g/mol. The summed E-state index contributed by atoms with van der Waals surface area (Å²) in [5, 5.41) is 9.35. The van der Waals surface area contributed by atoms with E-state index in [1.54, 1.807) is 11.1 Å². The molecule has 1 aromatic rings. The Bertz CT molecular complexity index is 2210. The fraction of sp³-hybridized carbons (Fsp3) is 0.695. The lowest BCUT2D eigenvalue weighted by atomic mass is 9.44. The van der Waals surface area contributed by atoms with Crippen molar-refractivity contribution in [3.63, 3.8) is 0 Å². The zero-order valence-electron chi connectivity index (χ0n) is 43.0. The number of carboxylic acid groups (broad SMARTS) is 1. The van der Waals surface area contributed by atoms with Gasteiger partial charge in [0.15, 0.2) is 5.78 Å². The third kappa shape index (κ3) is 11.0. The summed E-state index contributed by atoms with van der Waals surface area (Å²) < 4.78 is 41.2. The normalized spacial score (nSPS) is 35.7. The summed E-state index contributed by atoms with van der Waals surface area (Å²) in [4.78, 5) is 26.2. The molecule has 70 heavy (non-hydrogen) atoms. The molecule has 0 aliphatic heterocycles. The standard InChI is InChI=1S/C53H73NO4.C6H10FO4P/c1-6-7-34-11-17-42-43-18-12-36-30-39(55)16-20-41(36)51(43)46(32-45(34)42)35-9-14-38(15-10-35)54(5)28-29-58-40-24-26-52(3)37(31-40)13-19-44-48-22-21-47(33(2)8-23-50(56)57)53(48,4)27-25-49(44)52;1-3-5-9-12(8,11-7)10-6-4-2/h9-10,14-15,30,33-34,37,40,42-49H,8,11-13,16-29,31-32H2,1-5H3,(H,56,57);3-4H,1-2,5-6H2/t33?,34?,37?,40?,42?,43?,44?,45?,46-,47?,48?,49?,52?,53?;/m1./s1. The molecule has 9 rings (SSSR count). The lowest BCUT2D eigenvalue weighted by Gasteiger charge is -2.61. The summed E-state index contributed by atoms with van der Waals surface area (Å²) >= 11 is 0. The number of nitrogens with zero attached hydrogens (tertiary/aromatic N) is 1. The number of carbonyl (C=O) groups excluding carboxylic acids is 1. The fourth-order valence-corrected chi connectivity index (χ4v) is 17.4. The minimum absolute atomic E-state index is 0.113. The predicted octanol–water partition coefficient (Wildman–Crippen LogP) is 14.2. The number of phosphoric acid groups is 1. The first-order valence-corrected chi connectivity index (χ1v) is 28.6. The summed E-state index contributed by atoms with van der Waals surface area (Å²) in [7, 11) is -1.82. The van der Waals surface area contributed by atoms with Gasteiger partial charge >= 0.3 is 13.8 Å². The number of ketones is 1. The molecule has 11 heteroatoms. The Labute approximate surface area is 419 Å². The number of rotatable bonds is 17. The number of halogens is 1. The number of ether oxygens (including phenoxy) is 1. The van der Waals surface area contributed by atoms with E-state index in [2.05, 4.69) is 95.8 Å². The Kier molecular flexibility index (Phi) is 17.3. The van der Waals surface area contributed by atoms with E-state index in [4.69, 9.17) is 4.74 Å². The minimum Gasteiger partial charge on any atom is -0.481 e. The molecular weight excluding hydrogens is 901 g/mol. The highest BCUT2D eigenvalue weighted by molar-refractivity contribution is 7.48. The Morgan fingerprint density at radius 3 is 2.33 bits per heavy atom. The number of fused-ring (bicyclic) bond motifs is 9. The maximum atomic E-state index is 12.5. The molecule has 0 saturated heterocycles. The van der Waals surface area contributed by atoms with Crippen molar-refractivity contribution in [2.75, 3.05) is 38.3 Å². The van der Waals surface area contributed by atoms with Crippen LogP contribution in [0.15, 0.2) is 72.4 Å². The summed E-state index contributed by atoms with van der Waals surface area (Å²) in [6.45, 7) is 17.6. The van der Waals surface area contributed by atoms with E-state index < -0.39 is 13.8 Å². The molecule has 6 fully saturated rings. The first kappa shape index (κ1) is 53.0. The van der Waals surface area contributed by atoms with Crippen LogP contribution in [0.25, 0.3) is 0 Å². The van der Waals surface area contributed by atoms with Crippen LogP contribution in [0.5, 0.6) is 0 Å². The molecule has 0 radical (unpaired) electrons. The maximum absolute atomic E-state index is 12.5. The van der Waals surface area contributed by atoms with Crippen molar-refractivity contribution in [1.82, 2.24) is 0 Å². The van der Waals surface area contributed by atoms with Crippen LogP contribution in [-0.2, 0) is 32.7 Å². The summed E-state index contributed by atoms with van der Waals surface area (Å²) in [5.41, 5.74) is 8.14. The minimum atomic E-state index is -4.04. The summed E-state index contributed by atoms with van der Waals surface area (Å²) in [5.74, 6) is 14.1. The number of benzene rings is 1. The quantitative estimate of drug-likeness (QED) is 0.0926. The smallest absolute Gasteiger partial charge is 0.481 e. The van der Waals surface area contributed by atoms with Crippen LogP contribution in [0.2, 0.25) is 0 Å². The number of carbonyl (C=O) groups is 2. The van der Waals surface area contributed by atoms with E-state index in [1.807, 2.05) is 13.0 Å². The van der Waals surface area contributed by atoms with E-state index in [-0.39, 0.29) is 13.2 Å². The SMILES string of the molecule is C=CCOP(=O)(OF)OCC=C.CC#CC1CCC2C3CCC4=CC(=O)CCC4=C3[C@@H](c3ccc(N(C)CCOC4CCC5(C)C(CCC6C5CCC5(C)C(C(C)CCC(=O)O)CCC65)C4)cc3)CC12. The van der Waals surface area contributed by atoms with E-state index in [0.29, 0.717) is 71.1 Å². The van der Waals surface area contributed by atoms with Gasteiger partial charge in [-0.25, -0.2) is 4.57 Å². The van der Waals surface area contributed by atoms with Gasteiger partial charge in [0, 0.05) is 44.0 Å². The van der Waals surface area contributed by atoms with Gasteiger partial charge in [0.05, 0.1) is 25.9 Å². The second-order valence-corrected chi connectivity index (χ2v) is 24.7. The summed E-state index contributed by atoms with van der Waals surface area (Å²) in [6, 6.07) is 9.54. The van der Waals surface area contributed by atoms with Crippen molar-refractivity contribution in [3.05, 3.63) is 77.9 Å². The molecule has 0 heterocycles. The van der Waals surface area contributed by atoms with Crippen LogP contribution in [0, 0.1) is 81.8 Å². The lowest BCUT2D eigenvalue weighted by molar-refractivity contribution is -0.139. The predicted molar refractivity (Wildman–Crippen MR) is 275 cm³/mol. The topological polar surface area (TPSA) is 112 Å². The van der Waals surface area contributed by atoms with Gasteiger partial charge in [-0.1, -0.05) is 61.3 Å². The number of phosphoric ester groups is 1. The van der Waals surface area contributed by atoms with Gasteiger partial charge in [-0.3, -0.25) is 18.6 Å². The van der Waals surface area contributed by atoms with Crippen LogP contribution in [0.4, 0.5) is 10.2 Å². The number of anilines is 1. The number of likely N-dealkylation sites (N-methyl/N-ethyl adjacent to an activating group) is 1. The zero-order chi connectivity index (χ0) is 49.8. The second kappa shape index (κ2) is 22.8. The maximum Gasteiger partial charge on any atom is 0.506 e. The number of allylic oxidation sites excluding steroid dienone is 4. The van der Waals surface area contributed by atoms with Crippen molar-refractivity contribution in [3.8, 4) is 11.8 Å². The molecule has 0 spiro atoms. The van der Waals surface area contributed by atoms with Crippen LogP contribution in [-0.4, -0.2) is 56.4 Å². The third-order valence-electron chi connectivity index (χ3n) is 19.9. The number of hydrogen-bond donors (Lipinski definition) is 1. The Hall–Kier alpha value is -3.32. The van der Waals surface area contributed by atoms with Crippen LogP contribution >= 0.6 is 7.82 Å². The van der Waals surface area contributed by atoms with Gasteiger partial charge < -0.3 is 14.7 Å². The van der Waals surface area contributed by atoms with E-state index >= 15 is 0 Å². The molecule has 0 aromatic heterocycles. The molecule has 6 saturated carbocycles. The second-order valence-electron chi connectivity index (χ2n) is 23.2. The average Bonchev–Trinajstić information content (AvgIpc) is 3.94. The van der Waals surface area contributed by atoms with Gasteiger partial charge in [0.1, 0.15) is 0 Å². The third-order valence-corrected chi connectivity index (χ3v) is 21.0. The zero-order valence-corrected chi connectivity index (χ0v) is 43.9. The summed E-state index contributed by atoms with van der Waals surface area (Å²) in [6.07, 6.45) is 25.6. The molecule has 13 unspecified atom stereocenters. The number of hydrogen-bond acceptors (Lipinski definition) is 8. The number of carboxylic acids is 1. The van der Waals surface area contributed by atoms with Crippen molar-refractivity contribution >= 4 is 25.3 Å². The number of aliphatic carboxylic acids is 1. The van der Waals surface area contributed by atoms with Crippen LogP contribution in [0.1, 0.15) is 155 Å². The Balaban J connectivity index is 0.000000487. The average molecular weight is 984 g/mol. The van der Waals surface area contributed by atoms with Gasteiger partial charge in [-0.2, -0.15) is 0 Å². The van der Waals surface area contributed by atoms with Crippen molar-refractivity contribution in [2.24, 2.45) is 70.0 Å². The fourth-order valence-electron chi connectivity index (χ4n) is 16.6. The Morgan fingerprint density at radius 1 is 0.914 bits per heavy atom. The Morgan fingerprint density at radius 2 is 1.63 bits per heavy atom. The molecule has 9 nitrogen and oxygen atoms in total.